The third-order valence-electron chi connectivity index (χ3n) is 3.20. The molecule has 4 heteroatoms. The molecule has 0 aromatic rings. The summed E-state index contributed by atoms with van der Waals surface area (Å²) in [5.74, 6) is 0. The van der Waals surface area contributed by atoms with Crippen LogP contribution in [-0.4, -0.2) is 29.3 Å². The first-order valence-corrected chi connectivity index (χ1v) is 8.11. The maximum atomic E-state index is 5.72. The average molecular weight is 233 g/mol. The van der Waals surface area contributed by atoms with E-state index >= 15 is 0 Å². The molecule has 0 rings (SSSR count). The van der Waals surface area contributed by atoms with E-state index in [1.54, 1.807) is 14.2 Å². The van der Waals surface area contributed by atoms with Crippen molar-refractivity contribution >= 4 is 8.56 Å². The first kappa shape index (κ1) is 15.1. The summed E-state index contributed by atoms with van der Waals surface area (Å²) >= 11 is 0. The van der Waals surface area contributed by atoms with Gasteiger partial charge in [0.15, 0.2) is 0 Å². The standard InChI is InChI=1S/C11H27NO2Si/c1-5-8-11(9-7-10-12)15(6-2,13-3)14-4/h11H,5-10,12H2,1-4H3. The van der Waals surface area contributed by atoms with Crippen molar-refractivity contribution in [1.82, 2.24) is 0 Å². The molecule has 2 N–H and O–H groups in total. The van der Waals surface area contributed by atoms with Gasteiger partial charge >= 0.3 is 8.56 Å². The van der Waals surface area contributed by atoms with Crippen LogP contribution in [0.4, 0.5) is 0 Å². The molecule has 0 amide bonds. The molecule has 3 nitrogen and oxygen atoms in total. The highest BCUT2D eigenvalue weighted by Gasteiger charge is 2.41. The molecule has 0 spiro atoms. The van der Waals surface area contributed by atoms with Crippen LogP contribution in [-0.2, 0) is 8.85 Å². The zero-order chi connectivity index (χ0) is 11.7. The predicted octanol–water partition coefficient (Wildman–Crippen LogP) is 2.65. The van der Waals surface area contributed by atoms with E-state index in [1.807, 2.05) is 0 Å². The molecule has 0 aromatic carbocycles. The molecule has 1 unspecified atom stereocenters. The zero-order valence-electron chi connectivity index (χ0n) is 10.7. The Morgan fingerprint density at radius 3 is 2.07 bits per heavy atom. The van der Waals surface area contributed by atoms with Crippen molar-refractivity contribution in [2.45, 2.75) is 51.1 Å². The van der Waals surface area contributed by atoms with E-state index in [-0.39, 0.29) is 0 Å². The Labute approximate surface area is 95.6 Å². The van der Waals surface area contributed by atoms with Crippen molar-refractivity contribution in [2.75, 3.05) is 20.8 Å². The van der Waals surface area contributed by atoms with Gasteiger partial charge in [-0.25, -0.2) is 0 Å². The molecule has 0 saturated carbocycles. The van der Waals surface area contributed by atoms with Crippen molar-refractivity contribution < 1.29 is 8.85 Å². The van der Waals surface area contributed by atoms with Gasteiger partial charge in [0.1, 0.15) is 0 Å². The Hall–Kier alpha value is 0.0969. The number of hydrogen-bond donors (Lipinski definition) is 1. The lowest BCUT2D eigenvalue weighted by Crippen LogP contribution is -2.44. The quantitative estimate of drug-likeness (QED) is 0.623. The van der Waals surface area contributed by atoms with Gasteiger partial charge < -0.3 is 14.6 Å². The molecular formula is C11H27NO2Si. The molecule has 15 heavy (non-hydrogen) atoms. The minimum absolute atomic E-state index is 0.589. The lowest BCUT2D eigenvalue weighted by atomic mass is 10.1. The van der Waals surface area contributed by atoms with Gasteiger partial charge in [-0.2, -0.15) is 0 Å². The van der Waals surface area contributed by atoms with Gasteiger partial charge in [-0.3, -0.25) is 0 Å². The Balaban J connectivity index is 4.50. The van der Waals surface area contributed by atoms with Gasteiger partial charge in [0.25, 0.3) is 0 Å². The second-order valence-electron chi connectivity index (χ2n) is 3.99. The highest BCUT2D eigenvalue weighted by molar-refractivity contribution is 6.68. The van der Waals surface area contributed by atoms with Crippen LogP contribution < -0.4 is 5.73 Å². The van der Waals surface area contributed by atoms with Crippen LogP contribution in [0.5, 0.6) is 0 Å². The summed E-state index contributed by atoms with van der Waals surface area (Å²) in [5, 5.41) is 0. The number of rotatable bonds is 9. The molecule has 92 valence electrons. The minimum atomic E-state index is -1.96. The van der Waals surface area contributed by atoms with Gasteiger partial charge in [0.2, 0.25) is 0 Å². The van der Waals surface area contributed by atoms with E-state index in [1.165, 1.54) is 12.8 Å². The molecule has 0 bridgehead atoms. The summed E-state index contributed by atoms with van der Waals surface area (Å²) in [6.45, 7) is 5.15. The molecule has 0 fully saturated rings. The summed E-state index contributed by atoms with van der Waals surface area (Å²) in [5.41, 5.74) is 6.16. The molecule has 1 atom stereocenters. The second-order valence-corrected chi connectivity index (χ2v) is 7.95. The fourth-order valence-electron chi connectivity index (χ4n) is 2.29. The smallest absolute Gasteiger partial charge is 0.340 e. The summed E-state index contributed by atoms with van der Waals surface area (Å²) in [4.78, 5) is 0. The highest BCUT2D eigenvalue weighted by atomic mass is 28.4. The Bertz CT molecular complexity index is 143. The van der Waals surface area contributed by atoms with Gasteiger partial charge in [-0.1, -0.05) is 20.3 Å². The van der Waals surface area contributed by atoms with Crippen LogP contribution in [0.2, 0.25) is 11.6 Å². The molecule has 0 aliphatic heterocycles. The van der Waals surface area contributed by atoms with Crippen LogP contribution in [0.25, 0.3) is 0 Å². The summed E-state index contributed by atoms with van der Waals surface area (Å²) in [7, 11) is 1.63. The Kier molecular flexibility index (Phi) is 8.33. The van der Waals surface area contributed by atoms with Crippen LogP contribution in [0.1, 0.15) is 39.5 Å². The Morgan fingerprint density at radius 1 is 1.13 bits per heavy atom. The molecule has 0 saturated heterocycles. The van der Waals surface area contributed by atoms with Gasteiger partial charge in [0.05, 0.1) is 0 Å². The average Bonchev–Trinajstić information content (AvgIpc) is 2.28. The highest BCUT2D eigenvalue weighted by Crippen LogP contribution is 2.35. The van der Waals surface area contributed by atoms with Crippen molar-refractivity contribution in [3.8, 4) is 0 Å². The van der Waals surface area contributed by atoms with Crippen LogP contribution in [0.3, 0.4) is 0 Å². The molecule has 0 radical (unpaired) electrons. The van der Waals surface area contributed by atoms with Crippen LogP contribution in [0, 0.1) is 0 Å². The van der Waals surface area contributed by atoms with E-state index in [2.05, 4.69) is 13.8 Å². The predicted molar refractivity (Wildman–Crippen MR) is 67.2 cm³/mol. The van der Waals surface area contributed by atoms with Crippen molar-refractivity contribution in [3.63, 3.8) is 0 Å². The maximum Gasteiger partial charge on any atom is 0.340 e. The Morgan fingerprint density at radius 2 is 1.73 bits per heavy atom. The fraction of sp³-hybridized carbons (Fsp3) is 1.00. The SMILES string of the molecule is CCCC(CCCN)[Si](CC)(OC)OC. The summed E-state index contributed by atoms with van der Waals surface area (Å²) < 4.78 is 11.4. The van der Waals surface area contributed by atoms with Gasteiger partial charge in [-0.05, 0) is 31.9 Å². The van der Waals surface area contributed by atoms with E-state index in [0.29, 0.717) is 5.54 Å². The second kappa shape index (κ2) is 8.27. The van der Waals surface area contributed by atoms with Gasteiger partial charge in [0, 0.05) is 19.8 Å². The zero-order valence-corrected chi connectivity index (χ0v) is 11.7. The first-order chi connectivity index (χ1) is 7.20. The lowest BCUT2D eigenvalue weighted by Gasteiger charge is -2.34. The van der Waals surface area contributed by atoms with E-state index < -0.39 is 8.56 Å². The third kappa shape index (κ3) is 4.22. The molecule has 0 aliphatic carbocycles. The summed E-state index contributed by atoms with van der Waals surface area (Å²) in [6, 6.07) is 1.02. The largest absolute Gasteiger partial charge is 0.397 e. The molecule has 0 aliphatic rings. The maximum absolute atomic E-state index is 5.72. The van der Waals surface area contributed by atoms with E-state index in [9.17, 15) is 0 Å². The normalized spacial score (nSPS) is 14.2. The van der Waals surface area contributed by atoms with Crippen LogP contribution in [0.15, 0.2) is 0 Å². The topological polar surface area (TPSA) is 44.5 Å². The van der Waals surface area contributed by atoms with Crippen LogP contribution >= 0.6 is 0 Å². The fourth-order valence-corrected chi connectivity index (χ4v) is 5.65. The van der Waals surface area contributed by atoms with E-state index in [4.69, 9.17) is 14.6 Å². The third-order valence-corrected chi connectivity index (χ3v) is 7.39. The van der Waals surface area contributed by atoms with Gasteiger partial charge in [-0.15, -0.1) is 0 Å². The number of hydrogen-bond acceptors (Lipinski definition) is 3. The summed E-state index contributed by atoms with van der Waals surface area (Å²) in [6.07, 6.45) is 4.61. The minimum Gasteiger partial charge on any atom is -0.397 e. The lowest BCUT2D eigenvalue weighted by molar-refractivity contribution is 0.223. The monoisotopic (exact) mass is 233 g/mol. The van der Waals surface area contributed by atoms with E-state index in [0.717, 1.165) is 25.4 Å². The van der Waals surface area contributed by atoms with Crippen molar-refractivity contribution in [3.05, 3.63) is 0 Å². The molecule has 0 heterocycles. The van der Waals surface area contributed by atoms with Crippen molar-refractivity contribution in [2.24, 2.45) is 5.73 Å². The first-order valence-electron chi connectivity index (χ1n) is 6.01. The molecule has 0 aromatic heterocycles. The molecular weight excluding hydrogens is 206 g/mol. The number of nitrogens with two attached hydrogens (primary N) is 1. The van der Waals surface area contributed by atoms with Crippen molar-refractivity contribution in [1.29, 1.82) is 0 Å².